The minimum atomic E-state index is -0.476. The second-order valence-corrected chi connectivity index (χ2v) is 7.50. The molecule has 2 aromatic heterocycles. The SMILES string of the molecule is COON1C(C)=C1C(=O)Nc1c(-c2ccccc2)c2[nH]c3ccc(Cl)cc3c2[nH]c1=O. The average Bonchev–Trinajstić information content (AvgIpc) is 3.26. The Bertz CT molecular complexity index is 1440. The number of hydrogen-bond donors (Lipinski definition) is 3. The number of fused-ring (bicyclic) bond motifs is 3. The van der Waals surface area contributed by atoms with Gasteiger partial charge >= 0.3 is 0 Å². The number of amides is 1. The molecule has 4 aromatic rings. The molecule has 0 unspecified atom stereocenters. The molecule has 0 fully saturated rings. The van der Waals surface area contributed by atoms with E-state index in [1.54, 1.807) is 19.1 Å². The summed E-state index contributed by atoms with van der Waals surface area (Å²) in [6.45, 7) is 1.71. The Labute approximate surface area is 180 Å². The molecule has 2 aromatic carbocycles. The molecule has 0 radical (unpaired) electrons. The molecule has 0 aliphatic carbocycles. The number of hydroxylamine groups is 2. The number of aromatic nitrogens is 2. The predicted molar refractivity (Wildman–Crippen MR) is 118 cm³/mol. The highest BCUT2D eigenvalue weighted by Gasteiger charge is 2.39. The van der Waals surface area contributed by atoms with Crippen LogP contribution in [0.4, 0.5) is 5.69 Å². The van der Waals surface area contributed by atoms with E-state index in [9.17, 15) is 9.59 Å². The van der Waals surface area contributed by atoms with Crippen molar-refractivity contribution in [1.82, 2.24) is 15.0 Å². The van der Waals surface area contributed by atoms with Crippen LogP contribution < -0.4 is 10.9 Å². The van der Waals surface area contributed by atoms with Crippen molar-refractivity contribution in [2.45, 2.75) is 6.92 Å². The van der Waals surface area contributed by atoms with Crippen molar-refractivity contribution in [1.29, 1.82) is 0 Å². The quantitative estimate of drug-likeness (QED) is 0.320. The summed E-state index contributed by atoms with van der Waals surface area (Å²) >= 11 is 6.17. The molecule has 1 amide bonds. The Morgan fingerprint density at radius 1 is 1.10 bits per heavy atom. The summed E-state index contributed by atoms with van der Waals surface area (Å²) in [5.41, 5.74) is 4.05. The fraction of sp³-hybridized carbons (Fsp3) is 0.0909. The molecule has 5 rings (SSSR count). The van der Waals surface area contributed by atoms with Crippen LogP contribution in [0.1, 0.15) is 6.92 Å². The topological polar surface area (TPSA) is 99.2 Å². The van der Waals surface area contributed by atoms with Gasteiger partial charge in [-0.2, -0.15) is 5.06 Å². The van der Waals surface area contributed by atoms with Gasteiger partial charge in [-0.25, -0.2) is 4.89 Å². The third kappa shape index (κ3) is 3.17. The summed E-state index contributed by atoms with van der Waals surface area (Å²) in [5, 5.41) is 5.33. The number of nitrogens with one attached hydrogen (secondary N) is 3. The van der Waals surface area contributed by atoms with Gasteiger partial charge < -0.3 is 15.3 Å². The Morgan fingerprint density at radius 2 is 1.87 bits per heavy atom. The fourth-order valence-electron chi connectivity index (χ4n) is 3.73. The maximum Gasteiger partial charge on any atom is 0.276 e. The lowest BCUT2D eigenvalue weighted by Crippen LogP contribution is -2.22. The molecule has 156 valence electrons. The second kappa shape index (κ2) is 7.28. The summed E-state index contributed by atoms with van der Waals surface area (Å²) < 4.78 is 0. The second-order valence-electron chi connectivity index (χ2n) is 7.06. The van der Waals surface area contributed by atoms with E-state index in [0.29, 0.717) is 27.3 Å². The van der Waals surface area contributed by atoms with E-state index in [-0.39, 0.29) is 11.4 Å². The van der Waals surface area contributed by atoms with E-state index in [4.69, 9.17) is 16.6 Å². The van der Waals surface area contributed by atoms with Crippen LogP contribution in [-0.4, -0.2) is 28.0 Å². The van der Waals surface area contributed by atoms with Crippen LogP contribution in [0.25, 0.3) is 33.1 Å². The highest BCUT2D eigenvalue weighted by atomic mass is 35.5. The van der Waals surface area contributed by atoms with Gasteiger partial charge in [-0.1, -0.05) is 41.9 Å². The molecule has 3 heterocycles. The number of nitrogens with zero attached hydrogens (tertiary/aromatic N) is 1. The van der Waals surface area contributed by atoms with Gasteiger partial charge in [0.05, 0.1) is 23.8 Å². The summed E-state index contributed by atoms with van der Waals surface area (Å²) in [6.07, 6.45) is 0. The lowest BCUT2D eigenvalue weighted by atomic mass is 10.0. The van der Waals surface area contributed by atoms with Crippen LogP contribution in [-0.2, 0) is 14.7 Å². The number of H-pyrrole nitrogens is 2. The van der Waals surface area contributed by atoms with Crippen molar-refractivity contribution in [2.75, 3.05) is 12.4 Å². The first-order valence-corrected chi connectivity index (χ1v) is 9.83. The molecule has 0 saturated carbocycles. The van der Waals surface area contributed by atoms with Gasteiger partial charge in [0.15, 0.2) is 5.70 Å². The third-order valence-corrected chi connectivity index (χ3v) is 5.43. The van der Waals surface area contributed by atoms with E-state index in [1.807, 2.05) is 36.4 Å². The largest absolute Gasteiger partial charge is 0.353 e. The van der Waals surface area contributed by atoms with Crippen LogP contribution in [0, 0.1) is 0 Å². The molecule has 1 aliphatic heterocycles. The number of aromatic amines is 2. The summed E-state index contributed by atoms with van der Waals surface area (Å²) in [4.78, 5) is 41.7. The van der Waals surface area contributed by atoms with E-state index < -0.39 is 11.5 Å². The predicted octanol–water partition coefficient (Wildman–Crippen LogP) is 4.31. The summed E-state index contributed by atoms with van der Waals surface area (Å²) in [7, 11) is 1.34. The minimum absolute atomic E-state index is 0.130. The molecular weight excluding hydrogens is 420 g/mol. The van der Waals surface area contributed by atoms with Gasteiger partial charge in [0.2, 0.25) is 0 Å². The van der Waals surface area contributed by atoms with Crippen molar-refractivity contribution >= 4 is 45.1 Å². The van der Waals surface area contributed by atoms with Crippen molar-refractivity contribution < 1.29 is 14.7 Å². The molecule has 8 nitrogen and oxygen atoms in total. The molecule has 0 spiro atoms. The van der Waals surface area contributed by atoms with Crippen molar-refractivity contribution in [3.05, 3.63) is 75.3 Å². The van der Waals surface area contributed by atoms with Crippen LogP contribution in [0.3, 0.4) is 0 Å². The number of pyridine rings is 1. The zero-order valence-electron chi connectivity index (χ0n) is 16.6. The van der Waals surface area contributed by atoms with Gasteiger partial charge in [-0.3, -0.25) is 9.59 Å². The highest BCUT2D eigenvalue weighted by molar-refractivity contribution is 6.32. The number of anilines is 1. The van der Waals surface area contributed by atoms with Gasteiger partial charge in [-0.15, -0.1) is 4.99 Å². The van der Waals surface area contributed by atoms with E-state index in [2.05, 4.69) is 20.2 Å². The number of halogens is 1. The maximum absolute atomic E-state index is 13.1. The minimum Gasteiger partial charge on any atom is -0.353 e. The van der Waals surface area contributed by atoms with Crippen LogP contribution in [0.5, 0.6) is 0 Å². The summed E-state index contributed by atoms with van der Waals surface area (Å²) in [5.74, 6) is -0.476. The third-order valence-electron chi connectivity index (χ3n) is 5.19. The van der Waals surface area contributed by atoms with Gasteiger partial charge in [0.1, 0.15) is 5.69 Å². The summed E-state index contributed by atoms with van der Waals surface area (Å²) in [6, 6.07) is 14.8. The smallest absolute Gasteiger partial charge is 0.276 e. The molecule has 0 saturated heterocycles. The highest BCUT2D eigenvalue weighted by Crippen LogP contribution is 2.37. The molecule has 1 aliphatic rings. The first kappa shape index (κ1) is 19.4. The Morgan fingerprint density at radius 3 is 2.61 bits per heavy atom. The lowest BCUT2D eigenvalue weighted by Gasteiger charge is -2.12. The molecule has 9 heteroatoms. The molecular formula is C22H17ClN4O4. The fourth-order valence-corrected chi connectivity index (χ4v) is 3.91. The number of benzene rings is 2. The van der Waals surface area contributed by atoms with Crippen molar-refractivity contribution in [3.8, 4) is 11.1 Å². The molecule has 31 heavy (non-hydrogen) atoms. The van der Waals surface area contributed by atoms with Crippen molar-refractivity contribution in [3.63, 3.8) is 0 Å². The number of carbonyl (C=O) groups is 1. The van der Waals surface area contributed by atoms with Crippen LogP contribution in [0.15, 0.2) is 64.7 Å². The van der Waals surface area contributed by atoms with Gasteiger partial charge in [0, 0.05) is 21.5 Å². The first-order chi connectivity index (χ1) is 15.0. The average molecular weight is 437 g/mol. The number of rotatable bonds is 5. The Balaban J connectivity index is 1.71. The first-order valence-electron chi connectivity index (χ1n) is 9.45. The number of carbonyl (C=O) groups excluding carboxylic acids is 1. The standard InChI is InChI=1S/C22H17ClN4O4/c1-11-20(27(11)31-30-2)22(29)26-19-16(12-6-4-3-5-7-12)18-17(25-21(19)28)14-10-13(23)8-9-15(14)24-18/h3-10,24H,1-2H3,(H,25,28)(H,26,29). The van der Waals surface area contributed by atoms with Gasteiger partial charge in [0.25, 0.3) is 11.5 Å². The Kier molecular flexibility index (Phi) is 4.55. The van der Waals surface area contributed by atoms with E-state index in [0.717, 1.165) is 16.5 Å². The molecule has 0 atom stereocenters. The van der Waals surface area contributed by atoms with Gasteiger partial charge in [-0.05, 0) is 30.7 Å². The Hall–Kier alpha value is -3.59. The van der Waals surface area contributed by atoms with Crippen molar-refractivity contribution in [2.24, 2.45) is 0 Å². The molecule has 3 N–H and O–H groups in total. The lowest BCUT2D eigenvalue weighted by molar-refractivity contribution is -0.369. The molecule has 0 bridgehead atoms. The zero-order chi connectivity index (χ0) is 21.7. The van der Waals surface area contributed by atoms with Crippen LogP contribution in [0.2, 0.25) is 5.02 Å². The number of allylic oxidation sites excluding steroid dienone is 1. The van der Waals surface area contributed by atoms with E-state index in [1.165, 1.54) is 12.2 Å². The maximum atomic E-state index is 13.1. The van der Waals surface area contributed by atoms with E-state index >= 15 is 0 Å². The zero-order valence-corrected chi connectivity index (χ0v) is 17.3. The van der Waals surface area contributed by atoms with Crippen LogP contribution >= 0.6 is 11.6 Å². The normalized spacial score (nSPS) is 13.3. The monoisotopic (exact) mass is 436 g/mol. The number of hydrogen-bond acceptors (Lipinski definition) is 5.